The number of nitrogens with two attached hydrogens (primary N) is 1. The second kappa shape index (κ2) is 5.22. The fourth-order valence-corrected chi connectivity index (χ4v) is 2.11. The number of aromatic nitrogens is 8. The zero-order valence-corrected chi connectivity index (χ0v) is 11.2. The molecule has 0 fully saturated rings. The first kappa shape index (κ1) is 12.5. The second-order valence-electron chi connectivity index (χ2n) is 3.60. The summed E-state index contributed by atoms with van der Waals surface area (Å²) in [6.45, 7) is 0. The summed E-state index contributed by atoms with van der Waals surface area (Å²) in [4.78, 5) is 16.7. The molecule has 3 aromatic heterocycles. The van der Waals surface area contributed by atoms with Gasteiger partial charge >= 0.3 is 0 Å². The summed E-state index contributed by atoms with van der Waals surface area (Å²) < 4.78 is 3.14. The van der Waals surface area contributed by atoms with Gasteiger partial charge in [-0.2, -0.15) is 25.1 Å². The van der Waals surface area contributed by atoms with E-state index in [9.17, 15) is 0 Å². The quantitative estimate of drug-likeness (QED) is 0.488. The molecule has 3 aromatic rings. The van der Waals surface area contributed by atoms with Gasteiger partial charge in [0.05, 0.1) is 0 Å². The maximum Gasteiger partial charge on any atom is 0.256 e. The molecular weight excluding hydrogens is 280 g/mol. The number of hydrazine groups is 1. The minimum atomic E-state index is 0.246. The summed E-state index contributed by atoms with van der Waals surface area (Å²) in [7, 11) is 1.78. The van der Waals surface area contributed by atoms with Gasteiger partial charge < -0.3 is 0 Å². The van der Waals surface area contributed by atoms with Gasteiger partial charge in [-0.25, -0.2) is 20.2 Å². The molecule has 0 aliphatic heterocycles. The van der Waals surface area contributed by atoms with Crippen LogP contribution < -0.4 is 11.3 Å². The lowest BCUT2D eigenvalue weighted by atomic mass is 10.7. The molecule has 20 heavy (non-hydrogen) atoms. The van der Waals surface area contributed by atoms with Crippen LogP contribution in [0.5, 0.6) is 0 Å². The van der Waals surface area contributed by atoms with Crippen molar-refractivity contribution in [2.45, 2.75) is 10.3 Å². The van der Waals surface area contributed by atoms with E-state index >= 15 is 0 Å². The van der Waals surface area contributed by atoms with E-state index < -0.39 is 0 Å². The van der Waals surface area contributed by atoms with E-state index in [-0.39, 0.29) is 5.95 Å². The number of nitrogens with zero attached hydrogens (tertiary/aromatic N) is 8. The van der Waals surface area contributed by atoms with Gasteiger partial charge in [-0.3, -0.25) is 5.43 Å². The Morgan fingerprint density at radius 3 is 2.80 bits per heavy atom. The van der Waals surface area contributed by atoms with Crippen LogP contribution in [0.1, 0.15) is 0 Å². The Balaban J connectivity index is 1.98. The standard InChI is InChI=1S/C9H10N10S/c1-18-9(11-5-13-18)20-8-15-6(17-10)14-7(16-8)19-4-2-3-12-19/h2-5H,10H2,1H3,(H,14,15,16,17). The molecule has 0 saturated heterocycles. The Morgan fingerprint density at radius 1 is 1.25 bits per heavy atom. The molecule has 10 nitrogen and oxygen atoms in total. The van der Waals surface area contributed by atoms with Gasteiger partial charge in [0, 0.05) is 19.4 Å². The third-order valence-electron chi connectivity index (χ3n) is 2.29. The van der Waals surface area contributed by atoms with E-state index in [1.807, 2.05) is 0 Å². The van der Waals surface area contributed by atoms with Gasteiger partial charge in [-0.05, 0) is 17.8 Å². The van der Waals surface area contributed by atoms with E-state index in [2.05, 4.69) is 35.6 Å². The third-order valence-corrected chi connectivity index (χ3v) is 3.21. The van der Waals surface area contributed by atoms with Crippen molar-refractivity contribution >= 4 is 17.7 Å². The Morgan fingerprint density at radius 2 is 2.15 bits per heavy atom. The first-order valence-corrected chi connectivity index (χ1v) is 6.32. The molecule has 0 aliphatic rings. The molecule has 0 saturated carbocycles. The first-order valence-electron chi connectivity index (χ1n) is 5.51. The van der Waals surface area contributed by atoms with Gasteiger partial charge in [-0.15, -0.1) is 0 Å². The van der Waals surface area contributed by atoms with Crippen LogP contribution in [0.3, 0.4) is 0 Å². The fraction of sp³-hybridized carbons (Fsp3) is 0.111. The summed E-state index contributed by atoms with van der Waals surface area (Å²) >= 11 is 1.25. The number of anilines is 1. The molecule has 0 radical (unpaired) electrons. The molecule has 0 bridgehead atoms. The number of nitrogens with one attached hydrogen (secondary N) is 1. The van der Waals surface area contributed by atoms with Crippen molar-refractivity contribution in [1.82, 2.24) is 39.5 Å². The molecule has 0 aromatic carbocycles. The predicted octanol–water partition coefficient (Wildman–Crippen LogP) is -0.377. The van der Waals surface area contributed by atoms with Crippen LogP contribution in [-0.2, 0) is 7.05 Å². The lowest BCUT2D eigenvalue weighted by Gasteiger charge is -2.05. The number of hydrogen-bond acceptors (Lipinski definition) is 9. The van der Waals surface area contributed by atoms with Crippen LogP contribution in [0, 0.1) is 0 Å². The third kappa shape index (κ3) is 2.44. The topological polar surface area (TPSA) is 125 Å². The van der Waals surface area contributed by atoms with Gasteiger partial charge in [0.25, 0.3) is 5.95 Å². The van der Waals surface area contributed by atoms with Crippen molar-refractivity contribution in [3.8, 4) is 5.95 Å². The average Bonchev–Trinajstić information content (AvgIpc) is 3.11. The Bertz CT molecular complexity index is 705. The molecule has 102 valence electrons. The number of rotatable bonds is 4. The van der Waals surface area contributed by atoms with E-state index in [4.69, 9.17) is 5.84 Å². The highest BCUT2D eigenvalue weighted by molar-refractivity contribution is 7.99. The molecule has 0 spiro atoms. The highest BCUT2D eigenvalue weighted by atomic mass is 32.2. The van der Waals surface area contributed by atoms with Crippen LogP contribution in [-0.4, -0.2) is 39.5 Å². The first-order chi connectivity index (χ1) is 9.76. The van der Waals surface area contributed by atoms with Gasteiger partial charge in [0.2, 0.25) is 11.1 Å². The number of hydrogen-bond donors (Lipinski definition) is 2. The minimum Gasteiger partial charge on any atom is -0.292 e. The largest absolute Gasteiger partial charge is 0.292 e. The van der Waals surface area contributed by atoms with Crippen molar-refractivity contribution in [1.29, 1.82) is 0 Å². The zero-order valence-electron chi connectivity index (χ0n) is 10.4. The summed E-state index contributed by atoms with van der Waals surface area (Å²) in [6.07, 6.45) is 4.82. The van der Waals surface area contributed by atoms with Crippen LogP contribution in [0.25, 0.3) is 5.95 Å². The van der Waals surface area contributed by atoms with Gasteiger partial charge in [-0.1, -0.05) is 0 Å². The van der Waals surface area contributed by atoms with Crippen molar-refractivity contribution in [3.05, 3.63) is 24.8 Å². The minimum absolute atomic E-state index is 0.246. The maximum atomic E-state index is 5.37. The maximum absolute atomic E-state index is 5.37. The molecular formula is C9H10N10S. The molecule has 0 aliphatic carbocycles. The Labute approximate surface area is 117 Å². The summed E-state index contributed by atoms with van der Waals surface area (Å²) in [5, 5.41) is 9.15. The Kier molecular flexibility index (Phi) is 3.26. The molecule has 3 heterocycles. The molecule has 3 N–H and O–H groups in total. The molecule has 0 atom stereocenters. The summed E-state index contributed by atoms with van der Waals surface area (Å²) in [5.74, 6) is 5.98. The van der Waals surface area contributed by atoms with Gasteiger partial charge in [0.15, 0.2) is 5.16 Å². The summed E-state index contributed by atoms with van der Waals surface area (Å²) in [6, 6.07) is 1.77. The van der Waals surface area contributed by atoms with Crippen LogP contribution in [0.15, 0.2) is 35.1 Å². The smallest absolute Gasteiger partial charge is 0.256 e. The lowest BCUT2D eigenvalue weighted by molar-refractivity contribution is 0.682. The van der Waals surface area contributed by atoms with Crippen LogP contribution in [0.2, 0.25) is 0 Å². The van der Waals surface area contributed by atoms with Crippen molar-refractivity contribution in [3.63, 3.8) is 0 Å². The summed E-state index contributed by atoms with van der Waals surface area (Å²) in [5.41, 5.74) is 2.40. The van der Waals surface area contributed by atoms with E-state index in [0.29, 0.717) is 16.3 Å². The van der Waals surface area contributed by atoms with Gasteiger partial charge in [0.1, 0.15) is 6.33 Å². The molecule has 0 unspecified atom stereocenters. The highest BCUT2D eigenvalue weighted by Crippen LogP contribution is 2.22. The van der Waals surface area contributed by atoms with E-state index in [1.165, 1.54) is 22.8 Å². The lowest BCUT2D eigenvalue weighted by Crippen LogP contribution is -2.14. The van der Waals surface area contributed by atoms with Crippen molar-refractivity contribution in [2.24, 2.45) is 12.9 Å². The van der Waals surface area contributed by atoms with E-state index in [0.717, 1.165) is 0 Å². The van der Waals surface area contributed by atoms with Crippen LogP contribution >= 0.6 is 11.8 Å². The van der Waals surface area contributed by atoms with Crippen molar-refractivity contribution < 1.29 is 0 Å². The molecule has 3 rings (SSSR count). The number of nitrogen functional groups attached to an aromatic ring is 1. The second-order valence-corrected chi connectivity index (χ2v) is 4.54. The van der Waals surface area contributed by atoms with Crippen molar-refractivity contribution in [2.75, 3.05) is 5.43 Å². The number of aryl methyl sites for hydroxylation is 1. The normalized spacial score (nSPS) is 10.7. The molecule has 0 amide bonds. The Hall–Kier alpha value is -2.53. The van der Waals surface area contributed by atoms with Crippen LogP contribution in [0.4, 0.5) is 5.95 Å². The highest BCUT2D eigenvalue weighted by Gasteiger charge is 2.11. The monoisotopic (exact) mass is 290 g/mol. The van der Waals surface area contributed by atoms with E-state index in [1.54, 1.807) is 30.2 Å². The zero-order chi connectivity index (χ0) is 13.9. The SMILES string of the molecule is Cn1ncnc1Sc1nc(NN)nc(-n2cccn2)n1. The average molecular weight is 290 g/mol. The molecule has 11 heteroatoms. The fourth-order valence-electron chi connectivity index (χ4n) is 1.41. The predicted molar refractivity (Wildman–Crippen MR) is 69.9 cm³/mol.